The van der Waals surface area contributed by atoms with E-state index in [4.69, 9.17) is 9.47 Å². The van der Waals surface area contributed by atoms with Crippen LogP contribution in [0.5, 0.6) is 5.75 Å². The first-order valence-corrected chi connectivity index (χ1v) is 10.5. The average Bonchev–Trinajstić information content (AvgIpc) is 3.32. The minimum Gasteiger partial charge on any atom is -0.497 e. The van der Waals surface area contributed by atoms with E-state index < -0.39 is 17.4 Å². The number of carbonyl (C=O) groups is 2. The van der Waals surface area contributed by atoms with Crippen LogP contribution in [0.15, 0.2) is 84.4 Å². The topological polar surface area (TPSA) is 55.8 Å². The third kappa shape index (κ3) is 2.78. The van der Waals surface area contributed by atoms with Crippen LogP contribution in [0.3, 0.4) is 0 Å². The van der Waals surface area contributed by atoms with Gasteiger partial charge in [0.15, 0.2) is 11.2 Å². The van der Waals surface area contributed by atoms with Gasteiger partial charge >= 0.3 is 5.97 Å². The lowest BCUT2D eigenvalue weighted by Gasteiger charge is -2.30. The Bertz CT molecular complexity index is 1220. The van der Waals surface area contributed by atoms with Crippen LogP contribution in [0.25, 0.3) is 6.08 Å². The summed E-state index contributed by atoms with van der Waals surface area (Å²) in [6.07, 6.45) is 1.94. The van der Waals surface area contributed by atoms with Crippen molar-refractivity contribution in [3.8, 4) is 5.75 Å². The van der Waals surface area contributed by atoms with Crippen LogP contribution < -0.4 is 9.64 Å². The third-order valence-electron chi connectivity index (χ3n) is 6.48. The second-order valence-electron chi connectivity index (χ2n) is 8.02. The normalized spacial score (nSPS) is 22.6. The number of ketones is 1. The minimum absolute atomic E-state index is 0.205. The number of methoxy groups -OCH3 is 2. The lowest BCUT2D eigenvalue weighted by Crippen LogP contribution is -2.41. The molecule has 5 nitrogen and oxygen atoms in total. The van der Waals surface area contributed by atoms with Crippen molar-refractivity contribution in [2.75, 3.05) is 25.7 Å². The Balaban J connectivity index is 1.75. The highest BCUT2D eigenvalue weighted by atomic mass is 16.5. The summed E-state index contributed by atoms with van der Waals surface area (Å²) in [6, 6.07) is 24.5. The predicted molar refractivity (Wildman–Crippen MR) is 123 cm³/mol. The number of Topliss-reactive ketones (excluding diaryl/α,β-unsaturated/α-hetero) is 1. The van der Waals surface area contributed by atoms with Gasteiger partial charge in [0, 0.05) is 17.8 Å². The zero-order valence-corrected chi connectivity index (χ0v) is 17.9. The van der Waals surface area contributed by atoms with Gasteiger partial charge in [-0.2, -0.15) is 0 Å². The summed E-state index contributed by atoms with van der Waals surface area (Å²) in [5, 5.41) is 0. The molecule has 0 N–H and O–H groups in total. The van der Waals surface area contributed by atoms with E-state index in [1.807, 2.05) is 78.9 Å². The van der Waals surface area contributed by atoms with E-state index in [1.54, 1.807) is 13.2 Å². The molecule has 0 unspecified atom stereocenters. The Morgan fingerprint density at radius 2 is 1.66 bits per heavy atom. The zero-order valence-electron chi connectivity index (χ0n) is 17.9. The molecule has 160 valence electrons. The number of carbonyl (C=O) groups excluding carboxylic acids is 2. The Hall–Kier alpha value is -3.86. The zero-order chi connectivity index (χ0) is 22.3. The number of fused-ring (bicyclic) bond motifs is 3. The van der Waals surface area contributed by atoms with Crippen molar-refractivity contribution in [3.63, 3.8) is 0 Å². The fourth-order valence-electron chi connectivity index (χ4n) is 5.05. The molecule has 1 fully saturated rings. The van der Waals surface area contributed by atoms with Gasteiger partial charge in [-0.1, -0.05) is 60.7 Å². The number of benzene rings is 3. The van der Waals surface area contributed by atoms with Gasteiger partial charge < -0.3 is 14.4 Å². The number of para-hydroxylation sites is 1. The second-order valence-corrected chi connectivity index (χ2v) is 8.02. The van der Waals surface area contributed by atoms with Gasteiger partial charge in [-0.05, 0) is 41.0 Å². The first-order chi connectivity index (χ1) is 15.6. The SMILES string of the molecule is COC(=O)[C@@]12C(=O)c3ccccc3[C@@H]1N(c1ccccc1)C/C2=C\c1ccc(OC)cc1. The molecule has 2 aliphatic rings. The van der Waals surface area contributed by atoms with Crippen molar-refractivity contribution in [3.05, 3.63) is 101 Å². The van der Waals surface area contributed by atoms with Crippen LogP contribution in [0.2, 0.25) is 0 Å². The van der Waals surface area contributed by atoms with Gasteiger partial charge in [0.1, 0.15) is 5.75 Å². The Morgan fingerprint density at radius 3 is 2.34 bits per heavy atom. The van der Waals surface area contributed by atoms with Gasteiger partial charge in [0.25, 0.3) is 0 Å². The molecule has 2 atom stereocenters. The number of esters is 1. The van der Waals surface area contributed by atoms with Crippen molar-refractivity contribution >= 4 is 23.5 Å². The molecular formula is C27H23NO4. The summed E-state index contributed by atoms with van der Waals surface area (Å²) in [7, 11) is 2.97. The lowest BCUT2D eigenvalue weighted by atomic mass is 9.75. The smallest absolute Gasteiger partial charge is 0.326 e. The van der Waals surface area contributed by atoms with E-state index in [1.165, 1.54) is 7.11 Å². The van der Waals surface area contributed by atoms with Crippen molar-refractivity contribution < 1.29 is 19.1 Å². The molecule has 0 spiro atoms. The number of ether oxygens (including phenoxy) is 2. The fourth-order valence-corrected chi connectivity index (χ4v) is 5.05. The van der Waals surface area contributed by atoms with Gasteiger partial charge in [-0.25, -0.2) is 0 Å². The van der Waals surface area contributed by atoms with Crippen LogP contribution in [0, 0.1) is 5.41 Å². The summed E-state index contributed by atoms with van der Waals surface area (Å²) < 4.78 is 10.5. The summed E-state index contributed by atoms with van der Waals surface area (Å²) in [6.45, 7) is 0.440. The number of hydrogen-bond acceptors (Lipinski definition) is 5. The molecule has 1 aliphatic carbocycles. The molecule has 0 amide bonds. The molecule has 32 heavy (non-hydrogen) atoms. The van der Waals surface area contributed by atoms with Crippen LogP contribution in [0.1, 0.15) is 27.5 Å². The minimum atomic E-state index is -1.42. The summed E-state index contributed by atoms with van der Waals surface area (Å²) in [5.74, 6) is 0.0134. The number of rotatable bonds is 4. The maximum absolute atomic E-state index is 13.9. The monoisotopic (exact) mass is 425 g/mol. The summed E-state index contributed by atoms with van der Waals surface area (Å²) in [5.41, 5.74) is 2.57. The number of hydrogen-bond donors (Lipinski definition) is 0. The van der Waals surface area contributed by atoms with Gasteiger partial charge in [0.2, 0.25) is 0 Å². The van der Waals surface area contributed by atoms with Crippen molar-refractivity contribution in [2.45, 2.75) is 6.04 Å². The second kappa shape index (κ2) is 7.68. The molecular weight excluding hydrogens is 402 g/mol. The molecule has 5 rings (SSSR count). The van der Waals surface area contributed by atoms with E-state index in [9.17, 15) is 9.59 Å². The molecule has 1 saturated heterocycles. The first kappa shape index (κ1) is 20.1. The Kier molecular flexibility index (Phi) is 4.82. The van der Waals surface area contributed by atoms with Gasteiger partial charge in [-0.15, -0.1) is 0 Å². The third-order valence-corrected chi connectivity index (χ3v) is 6.48. The predicted octanol–water partition coefficient (Wildman–Crippen LogP) is 4.70. The quantitative estimate of drug-likeness (QED) is 0.448. The molecule has 1 aliphatic heterocycles. The average molecular weight is 425 g/mol. The van der Waals surface area contributed by atoms with E-state index in [-0.39, 0.29) is 5.78 Å². The highest BCUT2D eigenvalue weighted by molar-refractivity contribution is 6.21. The van der Waals surface area contributed by atoms with Crippen LogP contribution >= 0.6 is 0 Å². The van der Waals surface area contributed by atoms with E-state index in [0.717, 1.165) is 28.1 Å². The maximum atomic E-state index is 13.9. The molecule has 1 heterocycles. The number of nitrogens with zero attached hydrogens (tertiary/aromatic N) is 1. The Morgan fingerprint density at radius 1 is 0.969 bits per heavy atom. The lowest BCUT2D eigenvalue weighted by molar-refractivity contribution is -0.147. The van der Waals surface area contributed by atoms with Gasteiger partial charge in [-0.3, -0.25) is 9.59 Å². The Labute approximate surface area is 186 Å². The van der Waals surface area contributed by atoms with Crippen molar-refractivity contribution in [1.82, 2.24) is 0 Å². The van der Waals surface area contributed by atoms with Crippen LogP contribution in [-0.4, -0.2) is 32.5 Å². The molecule has 0 aromatic heterocycles. The fraction of sp³-hybridized carbons (Fsp3) is 0.185. The highest BCUT2D eigenvalue weighted by Crippen LogP contribution is 2.59. The highest BCUT2D eigenvalue weighted by Gasteiger charge is 2.67. The molecule has 0 radical (unpaired) electrons. The molecule has 3 aromatic carbocycles. The number of anilines is 1. The summed E-state index contributed by atoms with van der Waals surface area (Å²) in [4.78, 5) is 29.5. The maximum Gasteiger partial charge on any atom is 0.326 e. The standard InChI is InChI=1S/C27H23NO4/c1-31-21-14-12-18(13-15-21)16-19-17-28(20-8-4-3-5-9-20)24-22-10-6-7-11-23(22)25(29)27(19,24)26(30)32-2/h3-16,24H,17H2,1-2H3/b19-16+/t24-,27+/m0/s1. The summed E-state index contributed by atoms with van der Waals surface area (Å²) >= 11 is 0. The van der Waals surface area contributed by atoms with E-state index in [0.29, 0.717) is 12.1 Å². The molecule has 5 heteroatoms. The van der Waals surface area contributed by atoms with E-state index >= 15 is 0 Å². The molecule has 0 saturated carbocycles. The van der Waals surface area contributed by atoms with Crippen LogP contribution in [-0.2, 0) is 9.53 Å². The van der Waals surface area contributed by atoms with Gasteiger partial charge in [0.05, 0.1) is 20.3 Å². The van der Waals surface area contributed by atoms with Crippen molar-refractivity contribution in [2.24, 2.45) is 5.41 Å². The van der Waals surface area contributed by atoms with E-state index in [2.05, 4.69) is 4.90 Å². The molecule has 3 aromatic rings. The molecule has 0 bridgehead atoms. The first-order valence-electron chi connectivity index (χ1n) is 10.5. The largest absolute Gasteiger partial charge is 0.497 e. The van der Waals surface area contributed by atoms with Crippen LogP contribution in [0.4, 0.5) is 5.69 Å². The van der Waals surface area contributed by atoms with Crippen molar-refractivity contribution in [1.29, 1.82) is 0 Å².